The Kier molecular flexibility index (Phi) is 4.76. The number of rotatable bonds is 7. The van der Waals surface area contributed by atoms with E-state index < -0.39 is 0 Å². The predicted molar refractivity (Wildman–Crippen MR) is 86.0 cm³/mol. The van der Waals surface area contributed by atoms with Crippen molar-refractivity contribution in [3.05, 3.63) is 59.7 Å². The van der Waals surface area contributed by atoms with Crippen molar-refractivity contribution in [1.82, 2.24) is 14.9 Å². The second-order valence-corrected chi connectivity index (χ2v) is 5.72. The Hall–Kier alpha value is -2.56. The van der Waals surface area contributed by atoms with Crippen molar-refractivity contribution in [3.63, 3.8) is 0 Å². The minimum absolute atomic E-state index is 0.160. The van der Waals surface area contributed by atoms with Crippen molar-refractivity contribution in [2.24, 2.45) is 0 Å². The number of fused-ring (bicyclic) bond motifs is 1. The summed E-state index contributed by atoms with van der Waals surface area (Å²) in [7, 11) is 0. The molecule has 0 N–H and O–H groups in total. The quantitative estimate of drug-likeness (QED) is 0.583. The summed E-state index contributed by atoms with van der Waals surface area (Å²) in [5, 5.41) is 0. The van der Waals surface area contributed by atoms with E-state index in [1.807, 2.05) is 12.4 Å². The molecule has 0 atom stereocenters. The van der Waals surface area contributed by atoms with Crippen molar-refractivity contribution in [3.8, 4) is 0 Å². The van der Waals surface area contributed by atoms with Gasteiger partial charge in [0.1, 0.15) is 6.33 Å². The molecule has 0 fully saturated rings. The smallest absolute Gasteiger partial charge is 0.261 e. The van der Waals surface area contributed by atoms with Gasteiger partial charge < -0.3 is 0 Å². The Morgan fingerprint density at radius 2 is 1.43 bits per heavy atom. The van der Waals surface area contributed by atoms with Crippen LogP contribution in [0.25, 0.3) is 0 Å². The number of hydrogen-bond donors (Lipinski definition) is 0. The summed E-state index contributed by atoms with van der Waals surface area (Å²) in [6, 6.07) is 7.02. The van der Waals surface area contributed by atoms with Crippen molar-refractivity contribution in [2.75, 3.05) is 6.54 Å². The van der Waals surface area contributed by atoms with E-state index in [1.54, 1.807) is 24.3 Å². The molecule has 5 heteroatoms. The molecule has 2 aromatic rings. The number of aryl methyl sites for hydroxylation is 1. The molecule has 1 aliphatic rings. The van der Waals surface area contributed by atoms with Crippen LogP contribution in [-0.4, -0.2) is 33.2 Å². The minimum atomic E-state index is -0.160. The minimum Gasteiger partial charge on any atom is -0.274 e. The Bertz CT molecular complexity index is 665. The number of unbranched alkanes of at least 4 members (excludes halogenated alkanes) is 3. The fourth-order valence-corrected chi connectivity index (χ4v) is 2.85. The second kappa shape index (κ2) is 7.13. The zero-order valence-electron chi connectivity index (χ0n) is 12.9. The van der Waals surface area contributed by atoms with Gasteiger partial charge in [-0.25, -0.2) is 9.97 Å². The first-order valence-electron chi connectivity index (χ1n) is 7.96. The standard InChI is InChI=1S/C18H19N3O2/c22-17-15-8-4-5-9-16(15)18(23)21(17)10-6-2-1-3-7-14-11-19-13-20-12-14/h4-5,8-9,11-13H,1-3,6-7,10H2. The van der Waals surface area contributed by atoms with Gasteiger partial charge in [0, 0.05) is 18.9 Å². The molecule has 23 heavy (non-hydrogen) atoms. The van der Waals surface area contributed by atoms with Gasteiger partial charge >= 0.3 is 0 Å². The third kappa shape index (κ3) is 3.44. The van der Waals surface area contributed by atoms with Crippen LogP contribution in [0.2, 0.25) is 0 Å². The maximum absolute atomic E-state index is 12.2. The Morgan fingerprint density at radius 1 is 0.826 bits per heavy atom. The summed E-state index contributed by atoms with van der Waals surface area (Å²) < 4.78 is 0. The molecule has 2 heterocycles. The second-order valence-electron chi connectivity index (χ2n) is 5.72. The van der Waals surface area contributed by atoms with Crippen LogP contribution in [0.5, 0.6) is 0 Å². The Labute approximate surface area is 135 Å². The van der Waals surface area contributed by atoms with E-state index >= 15 is 0 Å². The highest BCUT2D eigenvalue weighted by atomic mass is 16.2. The fraction of sp³-hybridized carbons (Fsp3) is 0.333. The highest BCUT2D eigenvalue weighted by molar-refractivity contribution is 6.21. The zero-order valence-corrected chi connectivity index (χ0v) is 12.9. The van der Waals surface area contributed by atoms with E-state index in [1.165, 1.54) is 11.2 Å². The number of carbonyl (C=O) groups is 2. The number of aromatic nitrogens is 2. The first-order chi connectivity index (χ1) is 11.3. The fourth-order valence-electron chi connectivity index (χ4n) is 2.85. The van der Waals surface area contributed by atoms with Gasteiger partial charge in [0.25, 0.3) is 11.8 Å². The van der Waals surface area contributed by atoms with Gasteiger partial charge in [0.15, 0.2) is 0 Å². The number of imide groups is 1. The highest BCUT2D eigenvalue weighted by Crippen LogP contribution is 2.22. The van der Waals surface area contributed by atoms with E-state index in [0.29, 0.717) is 17.7 Å². The molecule has 1 aliphatic heterocycles. The number of carbonyl (C=O) groups excluding carboxylic acids is 2. The van der Waals surface area contributed by atoms with Gasteiger partial charge in [-0.15, -0.1) is 0 Å². The Morgan fingerprint density at radius 3 is 2.09 bits per heavy atom. The maximum Gasteiger partial charge on any atom is 0.261 e. The monoisotopic (exact) mass is 309 g/mol. The summed E-state index contributed by atoms with van der Waals surface area (Å²) in [6.45, 7) is 0.501. The van der Waals surface area contributed by atoms with Crippen LogP contribution in [0, 0.1) is 0 Å². The van der Waals surface area contributed by atoms with Crippen molar-refractivity contribution in [2.45, 2.75) is 32.1 Å². The van der Waals surface area contributed by atoms with E-state index in [4.69, 9.17) is 0 Å². The summed E-state index contributed by atoms with van der Waals surface area (Å²) in [5.41, 5.74) is 2.20. The van der Waals surface area contributed by atoms with Crippen LogP contribution in [0.1, 0.15) is 52.0 Å². The molecule has 0 unspecified atom stereocenters. The molecular formula is C18H19N3O2. The normalized spacial score (nSPS) is 13.5. The molecule has 0 saturated heterocycles. The molecule has 0 radical (unpaired) electrons. The van der Waals surface area contributed by atoms with E-state index in [2.05, 4.69) is 9.97 Å². The lowest BCUT2D eigenvalue weighted by Gasteiger charge is -2.13. The van der Waals surface area contributed by atoms with Crippen LogP contribution >= 0.6 is 0 Å². The van der Waals surface area contributed by atoms with Gasteiger partial charge in [-0.1, -0.05) is 25.0 Å². The maximum atomic E-state index is 12.2. The third-order valence-electron chi connectivity index (χ3n) is 4.09. The molecule has 3 rings (SSSR count). The molecule has 118 valence electrons. The average Bonchev–Trinajstić information content (AvgIpc) is 2.84. The largest absolute Gasteiger partial charge is 0.274 e. The number of hydrogen-bond acceptors (Lipinski definition) is 4. The molecule has 1 aromatic heterocycles. The van der Waals surface area contributed by atoms with Crippen LogP contribution in [0.3, 0.4) is 0 Å². The lowest BCUT2D eigenvalue weighted by molar-refractivity contribution is 0.0651. The van der Waals surface area contributed by atoms with Crippen LogP contribution < -0.4 is 0 Å². The first kappa shape index (κ1) is 15.3. The van der Waals surface area contributed by atoms with Crippen LogP contribution in [0.4, 0.5) is 0 Å². The molecule has 0 bridgehead atoms. The van der Waals surface area contributed by atoms with Crippen LogP contribution in [0.15, 0.2) is 43.0 Å². The van der Waals surface area contributed by atoms with Gasteiger partial charge in [0.05, 0.1) is 11.1 Å². The lowest BCUT2D eigenvalue weighted by atomic mass is 10.1. The summed E-state index contributed by atoms with van der Waals surface area (Å²) in [6.07, 6.45) is 10.2. The topological polar surface area (TPSA) is 63.2 Å². The molecule has 2 amide bonds. The summed E-state index contributed by atoms with van der Waals surface area (Å²) in [5.74, 6) is -0.320. The summed E-state index contributed by atoms with van der Waals surface area (Å²) >= 11 is 0. The van der Waals surface area contributed by atoms with Gasteiger partial charge in [-0.3, -0.25) is 14.5 Å². The highest BCUT2D eigenvalue weighted by Gasteiger charge is 2.34. The molecule has 0 saturated carbocycles. The SMILES string of the molecule is O=C1c2ccccc2C(=O)N1CCCCCCc1cncnc1. The summed E-state index contributed by atoms with van der Waals surface area (Å²) in [4.78, 5) is 33.8. The zero-order chi connectivity index (χ0) is 16.1. The molecular weight excluding hydrogens is 290 g/mol. The van der Waals surface area contributed by atoms with E-state index in [-0.39, 0.29) is 11.8 Å². The Balaban J connectivity index is 1.40. The third-order valence-corrected chi connectivity index (χ3v) is 4.09. The van der Waals surface area contributed by atoms with Crippen LogP contribution in [-0.2, 0) is 6.42 Å². The first-order valence-corrected chi connectivity index (χ1v) is 7.96. The van der Waals surface area contributed by atoms with Gasteiger partial charge in [-0.05, 0) is 37.0 Å². The van der Waals surface area contributed by atoms with Gasteiger partial charge in [-0.2, -0.15) is 0 Å². The number of benzene rings is 1. The van der Waals surface area contributed by atoms with Crippen molar-refractivity contribution in [1.29, 1.82) is 0 Å². The average molecular weight is 309 g/mol. The lowest BCUT2D eigenvalue weighted by Crippen LogP contribution is -2.30. The van der Waals surface area contributed by atoms with Crippen molar-refractivity contribution >= 4 is 11.8 Å². The molecule has 1 aromatic carbocycles. The number of amides is 2. The van der Waals surface area contributed by atoms with E-state index in [9.17, 15) is 9.59 Å². The van der Waals surface area contributed by atoms with E-state index in [0.717, 1.165) is 37.7 Å². The van der Waals surface area contributed by atoms with Crippen molar-refractivity contribution < 1.29 is 9.59 Å². The molecule has 5 nitrogen and oxygen atoms in total. The predicted octanol–water partition coefficient (Wildman–Crippen LogP) is 2.88. The van der Waals surface area contributed by atoms with Gasteiger partial charge in [0.2, 0.25) is 0 Å². The molecule has 0 aliphatic carbocycles. The number of nitrogens with zero attached hydrogens (tertiary/aromatic N) is 3. The molecule has 0 spiro atoms.